The van der Waals surface area contributed by atoms with E-state index in [0.717, 1.165) is 0 Å². The third-order valence-electron chi connectivity index (χ3n) is 4.33. The van der Waals surface area contributed by atoms with Crippen LogP contribution in [0.2, 0.25) is 0 Å². The van der Waals surface area contributed by atoms with Gasteiger partial charge in [0, 0.05) is 11.5 Å². The number of carbonyl (C=O) groups is 1. The molecular formula is C19H22O6. The summed E-state index contributed by atoms with van der Waals surface area (Å²) in [5.41, 5.74) is -0.962. The second-order valence-corrected chi connectivity index (χ2v) is 7.30. The minimum Gasteiger partial charge on any atom is -0.486 e. The van der Waals surface area contributed by atoms with Gasteiger partial charge in [-0.15, -0.1) is 0 Å². The molecule has 0 aliphatic carbocycles. The van der Waals surface area contributed by atoms with Crippen LogP contribution in [0, 0.1) is 11.8 Å². The summed E-state index contributed by atoms with van der Waals surface area (Å²) >= 11 is 0. The maximum absolute atomic E-state index is 12.6. The van der Waals surface area contributed by atoms with Crippen LogP contribution in [0.3, 0.4) is 0 Å². The number of fused-ring (bicyclic) bond motifs is 3. The Morgan fingerprint density at radius 1 is 1.28 bits per heavy atom. The zero-order valence-corrected chi connectivity index (χ0v) is 14.7. The predicted molar refractivity (Wildman–Crippen MR) is 91.4 cm³/mol. The highest BCUT2D eigenvalue weighted by Gasteiger charge is 2.49. The zero-order valence-electron chi connectivity index (χ0n) is 14.7. The summed E-state index contributed by atoms with van der Waals surface area (Å²) in [6.07, 6.45) is -1.20. The molecule has 0 bridgehead atoms. The van der Waals surface area contributed by atoms with E-state index in [1.54, 1.807) is 32.0 Å². The van der Waals surface area contributed by atoms with Crippen LogP contribution in [0.4, 0.5) is 0 Å². The lowest BCUT2D eigenvalue weighted by Crippen LogP contribution is -2.49. The van der Waals surface area contributed by atoms with Gasteiger partial charge in [0.25, 0.3) is 0 Å². The van der Waals surface area contributed by atoms with Gasteiger partial charge in [-0.25, -0.2) is 4.79 Å². The molecule has 1 N–H and O–H groups in total. The minimum absolute atomic E-state index is 0.180. The average Bonchev–Trinajstić information content (AvgIpc) is 2.51. The van der Waals surface area contributed by atoms with Crippen LogP contribution in [0.1, 0.15) is 39.4 Å². The molecule has 2 aromatic rings. The Balaban J connectivity index is 2.09. The summed E-state index contributed by atoms with van der Waals surface area (Å²) in [5.74, 6) is -0.894. The van der Waals surface area contributed by atoms with Crippen molar-refractivity contribution in [3.05, 3.63) is 40.2 Å². The Kier molecular flexibility index (Phi) is 4.33. The standard InChI is InChI=1S/C19H22O6/c1-10(2)9-23-18(22)15-16(21)14-12(25-19(15,3)4)7-5-11-6-8-13(20)24-17(11)14/h5-8,10,15-16,21H,9H2,1-4H3/t15-,16-/m0/s1. The van der Waals surface area contributed by atoms with Crippen LogP contribution in [-0.4, -0.2) is 23.3 Å². The van der Waals surface area contributed by atoms with Crippen molar-refractivity contribution in [3.8, 4) is 5.75 Å². The highest BCUT2D eigenvalue weighted by atomic mass is 16.5. The normalized spacial score (nSPS) is 21.7. The summed E-state index contributed by atoms with van der Waals surface area (Å²) in [6.45, 7) is 7.58. The largest absolute Gasteiger partial charge is 0.486 e. The van der Waals surface area contributed by atoms with Crippen LogP contribution < -0.4 is 10.4 Å². The molecule has 3 rings (SSSR count). The molecule has 0 saturated heterocycles. The van der Waals surface area contributed by atoms with Gasteiger partial charge < -0.3 is 19.0 Å². The fraction of sp³-hybridized carbons (Fsp3) is 0.474. The summed E-state index contributed by atoms with van der Waals surface area (Å²) in [4.78, 5) is 24.2. The van der Waals surface area contributed by atoms with Gasteiger partial charge in [-0.2, -0.15) is 0 Å². The van der Waals surface area contributed by atoms with Gasteiger partial charge in [-0.3, -0.25) is 4.79 Å². The first kappa shape index (κ1) is 17.5. The van der Waals surface area contributed by atoms with E-state index in [0.29, 0.717) is 16.7 Å². The average molecular weight is 346 g/mol. The molecule has 0 fully saturated rings. The number of benzene rings is 1. The third-order valence-corrected chi connectivity index (χ3v) is 4.33. The maximum Gasteiger partial charge on any atom is 0.336 e. The molecule has 1 aliphatic heterocycles. The molecule has 2 atom stereocenters. The SMILES string of the molecule is CC(C)COC(=O)[C@@H]1[C@@H](O)c2c(ccc3ccc(=O)oc23)OC1(C)C. The molecule has 6 nitrogen and oxygen atoms in total. The number of carbonyl (C=O) groups excluding carboxylic acids is 1. The molecule has 6 heteroatoms. The van der Waals surface area contributed by atoms with E-state index in [2.05, 4.69) is 0 Å². The Bertz CT molecular complexity index is 864. The zero-order chi connectivity index (χ0) is 18.4. The second-order valence-electron chi connectivity index (χ2n) is 7.30. The van der Waals surface area contributed by atoms with Crippen molar-refractivity contribution in [2.45, 2.75) is 39.4 Å². The van der Waals surface area contributed by atoms with Gasteiger partial charge in [0.05, 0.1) is 12.2 Å². The van der Waals surface area contributed by atoms with E-state index in [4.69, 9.17) is 13.9 Å². The molecule has 0 radical (unpaired) electrons. The molecular weight excluding hydrogens is 324 g/mol. The molecule has 1 aliphatic rings. The van der Waals surface area contributed by atoms with E-state index in [1.165, 1.54) is 6.07 Å². The summed E-state index contributed by atoms with van der Waals surface area (Å²) < 4.78 is 16.6. The van der Waals surface area contributed by atoms with Crippen molar-refractivity contribution in [2.75, 3.05) is 6.61 Å². The van der Waals surface area contributed by atoms with Crippen molar-refractivity contribution >= 4 is 16.9 Å². The first-order valence-electron chi connectivity index (χ1n) is 8.31. The molecule has 1 aromatic carbocycles. The number of hydrogen-bond donors (Lipinski definition) is 1. The Morgan fingerprint density at radius 2 is 1.96 bits per heavy atom. The summed E-state index contributed by atoms with van der Waals surface area (Å²) in [7, 11) is 0. The molecule has 0 amide bonds. The van der Waals surface area contributed by atoms with Crippen molar-refractivity contribution in [3.63, 3.8) is 0 Å². The van der Waals surface area contributed by atoms with Crippen LogP contribution >= 0.6 is 0 Å². The van der Waals surface area contributed by atoms with Gasteiger partial charge in [0.2, 0.25) is 0 Å². The predicted octanol–water partition coefficient (Wildman–Crippen LogP) is 2.81. The molecule has 0 spiro atoms. The quantitative estimate of drug-likeness (QED) is 0.679. The van der Waals surface area contributed by atoms with Gasteiger partial charge in [0.15, 0.2) is 0 Å². The number of esters is 1. The number of aliphatic hydroxyl groups is 1. The maximum atomic E-state index is 12.6. The summed E-state index contributed by atoms with van der Waals surface area (Å²) in [5, 5.41) is 11.6. The fourth-order valence-corrected chi connectivity index (χ4v) is 3.15. The summed E-state index contributed by atoms with van der Waals surface area (Å²) in [6, 6.07) is 6.37. The van der Waals surface area contributed by atoms with Gasteiger partial charge in [-0.1, -0.05) is 13.8 Å². The number of aliphatic hydroxyl groups excluding tert-OH is 1. The van der Waals surface area contributed by atoms with Crippen molar-refractivity contribution in [2.24, 2.45) is 11.8 Å². The highest BCUT2D eigenvalue weighted by Crippen LogP contribution is 2.46. The molecule has 0 saturated carbocycles. The number of hydrogen-bond acceptors (Lipinski definition) is 6. The van der Waals surface area contributed by atoms with Gasteiger partial charge >= 0.3 is 11.6 Å². The van der Waals surface area contributed by atoms with Gasteiger partial charge in [-0.05, 0) is 38.0 Å². The molecule has 134 valence electrons. The Labute approximate surface area is 145 Å². The topological polar surface area (TPSA) is 86.0 Å². The molecule has 1 aromatic heterocycles. The first-order chi connectivity index (χ1) is 11.7. The van der Waals surface area contributed by atoms with Crippen LogP contribution in [0.5, 0.6) is 5.75 Å². The lowest BCUT2D eigenvalue weighted by molar-refractivity contribution is -0.166. The monoisotopic (exact) mass is 346 g/mol. The first-order valence-corrected chi connectivity index (χ1v) is 8.31. The Hall–Kier alpha value is -2.34. The van der Waals surface area contributed by atoms with Crippen molar-refractivity contribution in [1.82, 2.24) is 0 Å². The van der Waals surface area contributed by atoms with E-state index in [1.807, 2.05) is 13.8 Å². The van der Waals surface area contributed by atoms with Crippen LogP contribution in [0.15, 0.2) is 33.5 Å². The van der Waals surface area contributed by atoms with Crippen LogP contribution in [0.25, 0.3) is 11.0 Å². The lowest BCUT2D eigenvalue weighted by Gasteiger charge is -2.41. The minimum atomic E-state index is -1.20. The van der Waals surface area contributed by atoms with E-state index >= 15 is 0 Å². The molecule has 25 heavy (non-hydrogen) atoms. The van der Waals surface area contributed by atoms with E-state index in [9.17, 15) is 14.7 Å². The third kappa shape index (κ3) is 3.14. The lowest BCUT2D eigenvalue weighted by atomic mass is 9.79. The molecule has 2 heterocycles. The van der Waals surface area contributed by atoms with Gasteiger partial charge in [0.1, 0.15) is 29.0 Å². The highest BCUT2D eigenvalue weighted by molar-refractivity contribution is 5.85. The smallest absolute Gasteiger partial charge is 0.336 e. The second kappa shape index (κ2) is 6.19. The number of ether oxygens (including phenoxy) is 2. The van der Waals surface area contributed by atoms with E-state index < -0.39 is 29.2 Å². The van der Waals surface area contributed by atoms with Crippen LogP contribution in [-0.2, 0) is 9.53 Å². The fourth-order valence-electron chi connectivity index (χ4n) is 3.15. The molecule has 0 unspecified atom stereocenters. The number of rotatable bonds is 3. The van der Waals surface area contributed by atoms with Crippen molar-refractivity contribution in [1.29, 1.82) is 0 Å². The van der Waals surface area contributed by atoms with Crippen molar-refractivity contribution < 1.29 is 23.8 Å². The Morgan fingerprint density at radius 3 is 2.64 bits per heavy atom. The van der Waals surface area contributed by atoms with E-state index in [-0.39, 0.29) is 18.1 Å².